The van der Waals surface area contributed by atoms with Gasteiger partial charge in [-0.05, 0) is 61.4 Å². The van der Waals surface area contributed by atoms with Crippen molar-refractivity contribution in [3.63, 3.8) is 0 Å². The van der Waals surface area contributed by atoms with Crippen LogP contribution in [0.2, 0.25) is 5.15 Å². The minimum Gasteiger partial charge on any atom is -0.363 e. The summed E-state index contributed by atoms with van der Waals surface area (Å²) in [6, 6.07) is 17.1. The molecular formula is C25H27Cl3N6O. The lowest BCUT2D eigenvalue weighted by atomic mass is 10.1. The molecule has 0 aliphatic rings. The molecule has 2 aromatic heterocycles. The largest absolute Gasteiger partial charge is 0.363 e. The van der Waals surface area contributed by atoms with E-state index in [-0.39, 0.29) is 36.8 Å². The SMILES string of the molecule is Cc1ccc2c(NC(C)c3ccc(NC(=O)c4ccc(Cl)nc4)cc3)nc(N(C)C)nc2c1.Cl.Cl. The maximum atomic E-state index is 12.4. The molecule has 0 aliphatic heterocycles. The number of nitrogens with zero attached hydrogens (tertiary/aromatic N) is 4. The molecule has 10 heteroatoms. The number of aryl methyl sites for hydroxylation is 1. The van der Waals surface area contributed by atoms with Gasteiger partial charge in [0, 0.05) is 37.4 Å². The first kappa shape index (κ1) is 28.1. The fourth-order valence-corrected chi connectivity index (χ4v) is 3.51. The van der Waals surface area contributed by atoms with Gasteiger partial charge in [0.2, 0.25) is 5.95 Å². The summed E-state index contributed by atoms with van der Waals surface area (Å²) in [5.41, 5.74) is 4.26. The van der Waals surface area contributed by atoms with Crippen molar-refractivity contribution in [2.45, 2.75) is 19.9 Å². The predicted molar refractivity (Wildman–Crippen MR) is 149 cm³/mol. The minimum absolute atomic E-state index is 0. The third-order valence-corrected chi connectivity index (χ3v) is 5.48. The van der Waals surface area contributed by atoms with Crippen molar-refractivity contribution in [3.05, 3.63) is 82.6 Å². The van der Waals surface area contributed by atoms with Gasteiger partial charge < -0.3 is 15.5 Å². The molecule has 0 spiro atoms. The average molecular weight is 534 g/mol. The smallest absolute Gasteiger partial charge is 0.257 e. The van der Waals surface area contributed by atoms with Crippen LogP contribution in [0.3, 0.4) is 0 Å². The summed E-state index contributed by atoms with van der Waals surface area (Å²) in [4.78, 5) is 27.6. The number of carbonyl (C=O) groups is 1. The Hall–Kier alpha value is -3.13. The zero-order valence-electron chi connectivity index (χ0n) is 19.7. The number of halogens is 3. The van der Waals surface area contributed by atoms with Crippen LogP contribution in [0.25, 0.3) is 10.9 Å². The van der Waals surface area contributed by atoms with Gasteiger partial charge in [0.15, 0.2) is 0 Å². The second-order valence-electron chi connectivity index (χ2n) is 8.10. The monoisotopic (exact) mass is 532 g/mol. The van der Waals surface area contributed by atoms with Crippen LogP contribution in [0.1, 0.15) is 34.5 Å². The Morgan fingerprint density at radius 3 is 2.34 bits per heavy atom. The maximum absolute atomic E-state index is 12.4. The summed E-state index contributed by atoms with van der Waals surface area (Å²) in [6.07, 6.45) is 1.45. The number of nitrogens with one attached hydrogen (secondary N) is 2. The summed E-state index contributed by atoms with van der Waals surface area (Å²) in [5.74, 6) is 1.19. The summed E-state index contributed by atoms with van der Waals surface area (Å²) in [6.45, 7) is 4.13. The number of aromatic nitrogens is 3. The van der Waals surface area contributed by atoms with E-state index in [0.29, 0.717) is 22.4 Å². The van der Waals surface area contributed by atoms with E-state index in [1.54, 1.807) is 12.1 Å². The lowest BCUT2D eigenvalue weighted by Crippen LogP contribution is -2.16. The molecule has 184 valence electrons. The number of hydrogen-bond acceptors (Lipinski definition) is 6. The van der Waals surface area contributed by atoms with Gasteiger partial charge in [-0.15, -0.1) is 24.8 Å². The fraction of sp³-hybridized carbons (Fsp3) is 0.200. The zero-order chi connectivity index (χ0) is 23.5. The molecule has 35 heavy (non-hydrogen) atoms. The minimum atomic E-state index is -0.239. The van der Waals surface area contributed by atoms with Gasteiger partial charge in [-0.3, -0.25) is 4.79 Å². The Balaban J connectivity index is 0.00000216. The molecule has 7 nitrogen and oxygen atoms in total. The van der Waals surface area contributed by atoms with E-state index in [1.165, 1.54) is 6.20 Å². The maximum Gasteiger partial charge on any atom is 0.257 e. The highest BCUT2D eigenvalue weighted by atomic mass is 35.5. The first-order valence-corrected chi connectivity index (χ1v) is 10.9. The Morgan fingerprint density at radius 2 is 1.71 bits per heavy atom. The number of benzene rings is 2. The number of amides is 1. The van der Waals surface area contributed by atoms with Crippen LogP contribution >= 0.6 is 36.4 Å². The number of fused-ring (bicyclic) bond motifs is 1. The van der Waals surface area contributed by atoms with E-state index >= 15 is 0 Å². The van der Waals surface area contributed by atoms with Crippen LogP contribution in [-0.4, -0.2) is 35.0 Å². The molecule has 2 aromatic carbocycles. The molecule has 4 aromatic rings. The number of pyridine rings is 1. The van der Waals surface area contributed by atoms with Crippen molar-refractivity contribution in [2.75, 3.05) is 29.6 Å². The van der Waals surface area contributed by atoms with E-state index in [1.807, 2.05) is 49.3 Å². The molecule has 1 atom stereocenters. The highest BCUT2D eigenvalue weighted by molar-refractivity contribution is 6.29. The van der Waals surface area contributed by atoms with Gasteiger partial charge in [-0.2, -0.15) is 4.98 Å². The predicted octanol–water partition coefficient (Wildman–Crippen LogP) is 6.32. The topological polar surface area (TPSA) is 83.0 Å². The van der Waals surface area contributed by atoms with Crippen LogP contribution < -0.4 is 15.5 Å². The van der Waals surface area contributed by atoms with Crippen molar-refractivity contribution < 1.29 is 4.79 Å². The molecule has 2 N–H and O–H groups in total. The molecule has 1 unspecified atom stereocenters. The summed E-state index contributed by atoms with van der Waals surface area (Å²) in [7, 11) is 3.86. The summed E-state index contributed by atoms with van der Waals surface area (Å²) < 4.78 is 0. The normalized spacial score (nSPS) is 11.1. The fourth-order valence-electron chi connectivity index (χ4n) is 3.39. The van der Waals surface area contributed by atoms with E-state index in [0.717, 1.165) is 27.8 Å². The first-order chi connectivity index (χ1) is 15.8. The van der Waals surface area contributed by atoms with Crippen molar-refractivity contribution in [1.82, 2.24) is 15.0 Å². The molecule has 0 bridgehead atoms. The molecule has 0 saturated carbocycles. The second-order valence-corrected chi connectivity index (χ2v) is 8.49. The van der Waals surface area contributed by atoms with Crippen molar-refractivity contribution in [3.8, 4) is 0 Å². The highest BCUT2D eigenvalue weighted by Gasteiger charge is 2.13. The zero-order valence-corrected chi connectivity index (χ0v) is 22.1. The lowest BCUT2D eigenvalue weighted by molar-refractivity contribution is 0.102. The first-order valence-electron chi connectivity index (χ1n) is 10.6. The highest BCUT2D eigenvalue weighted by Crippen LogP contribution is 2.28. The molecule has 1 amide bonds. The van der Waals surface area contributed by atoms with Gasteiger partial charge in [0.25, 0.3) is 5.91 Å². The third-order valence-electron chi connectivity index (χ3n) is 5.25. The molecule has 0 fully saturated rings. The van der Waals surface area contributed by atoms with E-state index in [2.05, 4.69) is 46.6 Å². The Morgan fingerprint density at radius 1 is 1.00 bits per heavy atom. The molecule has 0 aliphatic carbocycles. The van der Waals surface area contributed by atoms with Crippen LogP contribution in [0.4, 0.5) is 17.5 Å². The van der Waals surface area contributed by atoms with Crippen LogP contribution in [0, 0.1) is 6.92 Å². The van der Waals surface area contributed by atoms with Gasteiger partial charge in [0.05, 0.1) is 11.1 Å². The molecule has 0 saturated heterocycles. The molecule has 0 radical (unpaired) electrons. The Kier molecular flexibility index (Phi) is 9.65. The van der Waals surface area contributed by atoms with Crippen molar-refractivity contribution >= 4 is 70.7 Å². The Labute approximate surface area is 222 Å². The number of rotatable bonds is 6. The molecule has 2 heterocycles. The Bertz CT molecular complexity index is 1300. The van der Waals surface area contributed by atoms with Gasteiger partial charge in [0.1, 0.15) is 11.0 Å². The number of hydrogen-bond donors (Lipinski definition) is 2. The van der Waals surface area contributed by atoms with Crippen molar-refractivity contribution in [2.24, 2.45) is 0 Å². The average Bonchev–Trinajstić information content (AvgIpc) is 2.79. The van der Waals surface area contributed by atoms with Crippen molar-refractivity contribution in [1.29, 1.82) is 0 Å². The lowest BCUT2D eigenvalue weighted by Gasteiger charge is -2.19. The van der Waals surface area contributed by atoms with Crippen LogP contribution in [0.15, 0.2) is 60.8 Å². The van der Waals surface area contributed by atoms with Crippen LogP contribution in [-0.2, 0) is 0 Å². The number of anilines is 3. The standard InChI is InChI=1S/C25H25ClN6O.2ClH/c1-15-5-11-20-21(13-15)30-25(32(3)4)31-23(20)28-16(2)17-6-9-19(10-7-17)29-24(33)18-8-12-22(26)27-14-18;;/h5-14,16H,1-4H3,(H,29,33)(H,28,30,31);2*1H. The quantitative estimate of drug-likeness (QED) is 0.282. The van der Waals surface area contributed by atoms with Crippen LogP contribution in [0.5, 0.6) is 0 Å². The van der Waals surface area contributed by atoms with Gasteiger partial charge in [-0.1, -0.05) is 29.8 Å². The summed E-state index contributed by atoms with van der Waals surface area (Å²) in [5, 5.41) is 7.72. The number of carbonyl (C=O) groups excluding carboxylic acids is 1. The van der Waals surface area contributed by atoms with Gasteiger partial charge in [-0.25, -0.2) is 9.97 Å². The third kappa shape index (κ3) is 6.72. The van der Waals surface area contributed by atoms with E-state index in [4.69, 9.17) is 16.6 Å². The van der Waals surface area contributed by atoms with Gasteiger partial charge >= 0.3 is 0 Å². The van der Waals surface area contributed by atoms with E-state index < -0.39 is 0 Å². The molecular weight excluding hydrogens is 507 g/mol. The second kappa shape index (κ2) is 12.0. The summed E-state index contributed by atoms with van der Waals surface area (Å²) >= 11 is 5.79. The van der Waals surface area contributed by atoms with E-state index in [9.17, 15) is 4.79 Å². The molecule has 4 rings (SSSR count).